The lowest BCUT2D eigenvalue weighted by Gasteiger charge is -2.27. The van der Waals surface area contributed by atoms with E-state index >= 15 is 0 Å². The topological polar surface area (TPSA) is 86.0 Å². The van der Waals surface area contributed by atoms with Gasteiger partial charge in [-0.3, -0.25) is 0 Å². The van der Waals surface area contributed by atoms with E-state index in [2.05, 4.69) is 31.3 Å². The van der Waals surface area contributed by atoms with Crippen molar-refractivity contribution in [3.05, 3.63) is 23.8 Å². The number of nitrogens with two attached hydrogens (primary N) is 1. The van der Waals surface area contributed by atoms with Crippen molar-refractivity contribution in [1.82, 2.24) is 5.32 Å². The summed E-state index contributed by atoms with van der Waals surface area (Å²) in [6.45, 7) is 9.06. The Labute approximate surface area is 170 Å². The first-order valence-corrected chi connectivity index (χ1v) is 10.4. The van der Waals surface area contributed by atoms with Gasteiger partial charge in [0.1, 0.15) is 0 Å². The minimum Gasteiger partial charge on any atom is -0.493 e. The minimum atomic E-state index is -0.531. The number of hydrogen-bond donors (Lipinski definition) is 3. The van der Waals surface area contributed by atoms with Gasteiger partial charge in [0.05, 0.1) is 19.8 Å². The second-order valence-electron chi connectivity index (χ2n) is 7.66. The third kappa shape index (κ3) is 8.78. The molecule has 1 rings (SSSR count). The molecule has 0 amide bonds. The first-order chi connectivity index (χ1) is 13.4. The molecular weight excluding hydrogens is 356 g/mol. The van der Waals surface area contributed by atoms with Crippen LogP contribution < -0.4 is 20.5 Å². The molecule has 0 aliphatic carbocycles. The van der Waals surface area contributed by atoms with E-state index in [1.54, 1.807) is 14.2 Å². The molecule has 0 fully saturated rings. The number of aliphatic hydroxyl groups is 1. The summed E-state index contributed by atoms with van der Waals surface area (Å²) in [5.41, 5.74) is 7.46. The molecule has 28 heavy (non-hydrogen) atoms. The Morgan fingerprint density at radius 2 is 1.89 bits per heavy atom. The molecule has 162 valence electrons. The highest BCUT2D eigenvalue weighted by molar-refractivity contribution is 5.43. The maximum atomic E-state index is 10.3. The van der Waals surface area contributed by atoms with Crippen molar-refractivity contribution in [2.75, 3.05) is 40.5 Å². The van der Waals surface area contributed by atoms with Gasteiger partial charge in [-0.2, -0.15) is 0 Å². The van der Waals surface area contributed by atoms with Gasteiger partial charge in [0.25, 0.3) is 0 Å². The molecule has 0 aliphatic heterocycles. The molecular formula is C22H40N2O4. The third-order valence-corrected chi connectivity index (χ3v) is 5.09. The summed E-state index contributed by atoms with van der Waals surface area (Å²) < 4.78 is 16.4. The summed E-state index contributed by atoms with van der Waals surface area (Å²) >= 11 is 0. The lowest BCUT2D eigenvalue weighted by molar-refractivity contribution is 0.125. The van der Waals surface area contributed by atoms with Gasteiger partial charge >= 0.3 is 0 Å². The van der Waals surface area contributed by atoms with Crippen LogP contribution in [0.2, 0.25) is 0 Å². The summed E-state index contributed by atoms with van der Waals surface area (Å²) in [5, 5.41) is 13.4. The molecule has 1 aromatic carbocycles. The number of likely N-dealkylation sites (N-methyl/N-ethyl adjacent to an activating group) is 1. The van der Waals surface area contributed by atoms with E-state index in [4.69, 9.17) is 19.9 Å². The highest BCUT2D eigenvalue weighted by Gasteiger charge is 2.23. The molecule has 6 nitrogen and oxygen atoms in total. The van der Waals surface area contributed by atoms with Crippen LogP contribution in [-0.4, -0.2) is 57.8 Å². The highest BCUT2D eigenvalue weighted by Crippen LogP contribution is 2.31. The number of hydrogen-bond acceptors (Lipinski definition) is 6. The SMILES string of the molecule is CCNC[C@H](O)[C@@H](N)C[C@H](Cc1ccc(OC)c(OCCCOC)c1)C(C)C. The number of ether oxygens (including phenoxy) is 3. The number of rotatable bonds is 15. The van der Waals surface area contributed by atoms with Crippen LogP contribution in [0.5, 0.6) is 11.5 Å². The molecule has 4 N–H and O–H groups in total. The second kappa shape index (κ2) is 13.8. The lowest BCUT2D eigenvalue weighted by Crippen LogP contribution is -2.43. The molecule has 1 aromatic rings. The Kier molecular flexibility index (Phi) is 12.1. The van der Waals surface area contributed by atoms with E-state index in [-0.39, 0.29) is 6.04 Å². The van der Waals surface area contributed by atoms with Crippen molar-refractivity contribution >= 4 is 0 Å². The number of nitrogens with one attached hydrogen (secondary N) is 1. The predicted molar refractivity (Wildman–Crippen MR) is 114 cm³/mol. The Morgan fingerprint density at radius 3 is 2.50 bits per heavy atom. The second-order valence-corrected chi connectivity index (χ2v) is 7.66. The maximum absolute atomic E-state index is 10.3. The van der Waals surface area contributed by atoms with Crippen molar-refractivity contribution < 1.29 is 19.3 Å². The smallest absolute Gasteiger partial charge is 0.161 e. The van der Waals surface area contributed by atoms with E-state index in [1.165, 1.54) is 5.56 Å². The summed E-state index contributed by atoms with van der Waals surface area (Å²) in [7, 11) is 3.34. The van der Waals surface area contributed by atoms with Gasteiger partial charge in [-0.1, -0.05) is 26.8 Å². The van der Waals surface area contributed by atoms with Gasteiger partial charge in [0.15, 0.2) is 11.5 Å². The standard InChI is InChI=1S/C22H40N2O4/c1-6-24-15-20(25)19(23)14-18(16(2)3)12-17-8-9-21(27-5)22(13-17)28-11-7-10-26-4/h8-9,13,16,18-20,24-25H,6-7,10-12,14-15,23H2,1-5H3/t18-,19-,20-/m0/s1. The summed E-state index contributed by atoms with van der Waals surface area (Å²) in [6, 6.07) is 5.85. The fourth-order valence-electron chi connectivity index (χ4n) is 3.19. The van der Waals surface area contributed by atoms with Crippen molar-refractivity contribution in [1.29, 1.82) is 0 Å². The van der Waals surface area contributed by atoms with E-state index in [1.807, 2.05) is 13.0 Å². The molecule has 0 heterocycles. The maximum Gasteiger partial charge on any atom is 0.161 e. The van der Waals surface area contributed by atoms with Gasteiger partial charge in [0.2, 0.25) is 0 Å². The van der Waals surface area contributed by atoms with Gasteiger partial charge in [0, 0.05) is 32.7 Å². The molecule has 0 saturated heterocycles. The number of aliphatic hydroxyl groups excluding tert-OH is 1. The zero-order valence-electron chi connectivity index (χ0n) is 18.2. The Hall–Kier alpha value is -1.34. The average Bonchev–Trinajstić information content (AvgIpc) is 2.68. The van der Waals surface area contributed by atoms with Gasteiger partial charge in [-0.25, -0.2) is 0 Å². The average molecular weight is 397 g/mol. The fourth-order valence-corrected chi connectivity index (χ4v) is 3.19. The van der Waals surface area contributed by atoms with Crippen LogP contribution in [0.1, 0.15) is 39.2 Å². The summed E-state index contributed by atoms with van der Waals surface area (Å²) in [5.74, 6) is 2.33. The van der Waals surface area contributed by atoms with Crippen LogP contribution in [0.4, 0.5) is 0 Å². The molecule has 0 saturated carbocycles. The largest absolute Gasteiger partial charge is 0.493 e. The van der Waals surface area contributed by atoms with Crippen LogP contribution in [0.15, 0.2) is 18.2 Å². The summed E-state index contributed by atoms with van der Waals surface area (Å²) in [4.78, 5) is 0. The van der Waals surface area contributed by atoms with E-state index in [9.17, 15) is 5.11 Å². The number of methoxy groups -OCH3 is 2. The normalized spacial score (nSPS) is 14.7. The Balaban J connectivity index is 2.77. The molecule has 0 unspecified atom stereocenters. The molecule has 0 bridgehead atoms. The molecule has 0 radical (unpaired) electrons. The Bertz CT molecular complexity index is 539. The van der Waals surface area contributed by atoms with Gasteiger partial charge in [-0.05, 0) is 48.9 Å². The van der Waals surface area contributed by atoms with E-state index in [0.717, 1.165) is 37.3 Å². The first-order valence-electron chi connectivity index (χ1n) is 10.4. The molecule has 0 aromatic heterocycles. The zero-order valence-corrected chi connectivity index (χ0v) is 18.2. The molecule has 0 aliphatic rings. The monoisotopic (exact) mass is 396 g/mol. The number of benzene rings is 1. The fraction of sp³-hybridized carbons (Fsp3) is 0.727. The highest BCUT2D eigenvalue weighted by atomic mass is 16.5. The van der Waals surface area contributed by atoms with Crippen molar-refractivity contribution in [2.24, 2.45) is 17.6 Å². The van der Waals surface area contributed by atoms with Crippen LogP contribution in [0.3, 0.4) is 0 Å². The van der Waals surface area contributed by atoms with E-state index in [0.29, 0.717) is 31.6 Å². The quantitative estimate of drug-likeness (QED) is 0.395. The van der Waals surface area contributed by atoms with Crippen LogP contribution in [-0.2, 0) is 11.2 Å². The van der Waals surface area contributed by atoms with Gasteiger partial charge in [-0.15, -0.1) is 0 Å². The van der Waals surface area contributed by atoms with Crippen LogP contribution >= 0.6 is 0 Å². The molecule has 6 heteroatoms. The first kappa shape index (κ1) is 24.7. The van der Waals surface area contributed by atoms with Crippen LogP contribution in [0, 0.1) is 11.8 Å². The Morgan fingerprint density at radius 1 is 1.14 bits per heavy atom. The van der Waals surface area contributed by atoms with Gasteiger partial charge < -0.3 is 30.4 Å². The molecule has 0 spiro atoms. The van der Waals surface area contributed by atoms with Crippen molar-refractivity contribution in [2.45, 2.75) is 52.2 Å². The minimum absolute atomic E-state index is 0.241. The zero-order chi connectivity index (χ0) is 20.9. The van der Waals surface area contributed by atoms with Crippen molar-refractivity contribution in [3.8, 4) is 11.5 Å². The molecule has 3 atom stereocenters. The third-order valence-electron chi connectivity index (χ3n) is 5.09. The van der Waals surface area contributed by atoms with E-state index < -0.39 is 6.10 Å². The predicted octanol–water partition coefficient (Wildman–Crippen LogP) is 2.61. The lowest BCUT2D eigenvalue weighted by atomic mass is 9.83. The van der Waals surface area contributed by atoms with Crippen molar-refractivity contribution in [3.63, 3.8) is 0 Å². The van der Waals surface area contributed by atoms with Crippen LogP contribution in [0.25, 0.3) is 0 Å². The summed E-state index contributed by atoms with van der Waals surface area (Å²) in [6.07, 6.45) is 1.96.